The van der Waals surface area contributed by atoms with Crippen LogP contribution in [0.4, 0.5) is 4.79 Å². The summed E-state index contributed by atoms with van der Waals surface area (Å²) in [5.74, 6) is 2.73. The smallest absolute Gasteiger partial charge is 0.318 e. The van der Waals surface area contributed by atoms with Gasteiger partial charge in [-0.3, -0.25) is 0 Å². The maximum atomic E-state index is 12.6. The van der Waals surface area contributed by atoms with Crippen LogP contribution in [-0.2, 0) is 13.5 Å². The molecule has 130 valence electrons. The zero-order valence-corrected chi connectivity index (χ0v) is 14.5. The van der Waals surface area contributed by atoms with Crippen LogP contribution < -0.4 is 5.32 Å². The minimum Gasteiger partial charge on any atom is -0.466 e. The number of rotatable bonds is 5. The molecular formula is C17H25N5O2. The summed E-state index contributed by atoms with van der Waals surface area (Å²) in [6.07, 6.45) is 5.27. The third-order valence-corrected chi connectivity index (χ3v) is 4.55. The van der Waals surface area contributed by atoms with E-state index in [0.29, 0.717) is 0 Å². The van der Waals surface area contributed by atoms with Crippen molar-refractivity contribution in [2.45, 2.75) is 51.6 Å². The lowest BCUT2D eigenvalue weighted by Gasteiger charge is -2.26. The molecule has 2 aromatic heterocycles. The van der Waals surface area contributed by atoms with Crippen molar-refractivity contribution in [1.82, 2.24) is 25.0 Å². The predicted octanol–water partition coefficient (Wildman–Crippen LogP) is 2.58. The van der Waals surface area contributed by atoms with Crippen LogP contribution in [0.1, 0.15) is 49.6 Å². The van der Waals surface area contributed by atoms with Crippen LogP contribution in [0.15, 0.2) is 22.9 Å². The molecule has 7 heteroatoms. The molecule has 7 nitrogen and oxygen atoms in total. The highest BCUT2D eigenvalue weighted by molar-refractivity contribution is 5.75. The van der Waals surface area contributed by atoms with Gasteiger partial charge >= 0.3 is 6.03 Å². The Morgan fingerprint density at radius 3 is 3.00 bits per heavy atom. The third kappa shape index (κ3) is 3.60. The molecule has 1 aliphatic rings. The number of hydrogen-bond donors (Lipinski definition) is 1. The number of amides is 2. The van der Waals surface area contributed by atoms with E-state index in [9.17, 15) is 4.79 Å². The average molecular weight is 331 g/mol. The first-order valence-corrected chi connectivity index (χ1v) is 8.51. The Bertz CT molecular complexity index is 693. The molecule has 0 aliphatic carbocycles. The zero-order chi connectivity index (χ0) is 17.1. The van der Waals surface area contributed by atoms with Gasteiger partial charge in [0.2, 0.25) is 0 Å². The summed E-state index contributed by atoms with van der Waals surface area (Å²) in [5, 5.41) is 11.2. The highest BCUT2D eigenvalue weighted by Crippen LogP contribution is 2.30. The SMILES string of the molecule is Cc1ccc(CC[C@@H](C)NC(=O)N2CCC[C@@H]2c2nncn2C)o1. The number of furan rings is 1. The van der Waals surface area contributed by atoms with Crippen LogP contribution in [0, 0.1) is 6.92 Å². The summed E-state index contributed by atoms with van der Waals surface area (Å²) in [6, 6.07) is 4.03. The van der Waals surface area contributed by atoms with E-state index < -0.39 is 0 Å². The fourth-order valence-electron chi connectivity index (χ4n) is 3.22. The second-order valence-electron chi connectivity index (χ2n) is 6.55. The quantitative estimate of drug-likeness (QED) is 0.913. The van der Waals surface area contributed by atoms with Gasteiger partial charge in [0.15, 0.2) is 5.82 Å². The molecule has 0 saturated carbocycles. The van der Waals surface area contributed by atoms with E-state index in [1.807, 2.05) is 42.5 Å². The van der Waals surface area contributed by atoms with E-state index in [4.69, 9.17) is 4.42 Å². The molecule has 0 bridgehead atoms. The lowest BCUT2D eigenvalue weighted by Crippen LogP contribution is -2.44. The molecule has 0 aromatic carbocycles. The maximum absolute atomic E-state index is 12.6. The number of urea groups is 1. The Balaban J connectivity index is 1.54. The van der Waals surface area contributed by atoms with Gasteiger partial charge in [-0.2, -0.15) is 0 Å². The highest BCUT2D eigenvalue weighted by atomic mass is 16.3. The minimum absolute atomic E-state index is 0.0115. The average Bonchev–Trinajstić information content (AvgIpc) is 3.25. The van der Waals surface area contributed by atoms with Gasteiger partial charge in [0.05, 0.1) is 6.04 Å². The molecule has 2 aromatic rings. The number of aryl methyl sites for hydroxylation is 3. The summed E-state index contributed by atoms with van der Waals surface area (Å²) in [6.45, 7) is 4.73. The van der Waals surface area contributed by atoms with Crippen LogP contribution in [0.5, 0.6) is 0 Å². The second-order valence-corrected chi connectivity index (χ2v) is 6.55. The van der Waals surface area contributed by atoms with Crippen molar-refractivity contribution in [3.8, 4) is 0 Å². The molecule has 1 aliphatic heterocycles. The summed E-state index contributed by atoms with van der Waals surface area (Å²) in [4.78, 5) is 14.5. The number of hydrogen-bond acceptors (Lipinski definition) is 4. The molecule has 0 spiro atoms. The number of likely N-dealkylation sites (tertiary alicyclic amines) is 1. The van der Waals surface area contributed by atoms with E-state index in [-0.39, 0.29) is 18.1 Å². The second kappa shape index (κ2) is 7.07. The topological polar surface area (TPSA) is 76.2 Å². The van der Waals surface area contributed by atoms with Crippen LogP contribution >= 0.6 is 0 Å². The van der Waals surface area contributed by atoms with Gasteiger partial charge in [-0.05, 0) is 45.2 Å². The molecule has 3 rings (SSSR count). The molecule has 1 N–H and O–H groups in total. The normalized spacial score (nSPS) is 18.8. The van der Waals surface area contributed by atoms with Crippen molar-refractivity contribution in [3.05, 3.63) is 35.8 Å². The van der Waals surface area contributed by atoms with Crippen LogP contribution in [0.3, 0.4) is 0 Å². The molecule has 24 heavy (non-hydrogen) atoms. The Morgan fingerprint density at radius 1 is 1.50 bits per heavy atom. The van der Waals surface area contributed by atoms with Gasteiger partial charge in [-0.15, -0.1) is 10.2 Å². The molecule has 3 heterocycles. The Hall–Kier alpha value is -2.31. The molecule has 1 saturated heterocycles. The summed E-state index contributed by atoms with van der Waals surface area (Å²) >= 11 is 0. The number of nitrogens with zero attached hydrogens (tertiary/aromatic N) is 4. The first kappa shape index (κ1) is 16.5. The minimum atomic E-state index is -0.0244. The summed E-state index contributed by atoms with van der Waals surface area (Å²) in [5.41, 5.74) is 0. The first-order valence-electron chi connectivity index (χ1n) is 8.51. The van der Waals surface area contributed by atoms with Crippen molar-refractivity contribution in [1.29, 1.82) is 0 Å². The molecular weight excluding hydrogens is 306 g/mol. The molecule has 0 radical (unpaired) electrons. The first-order chi connectivity index (χ1) is 11.5. The molecule has 2 amide bonds. The van der Waals surface area contributed by atoms with Gasteiger partial charge in [0.1, 0.15) is 17.8 Å². The van der Waals surface area contributed by atoms with Crippen LogP contribution in [0.25, 0.3) is 0 Å². The Labute approximate surface area is 142 Å². The van der Waals surface area contributed by atoms with Crippen LogP contribution in [0.2, 0.25) is 0 Å². The van der Waals surface area contributed by atoms with Crippen molar-refractivity contribution >= 4 is 6.03 Å². The van der Waals surface area contributed by atoms with E-state index in [1.165, 1.54) is 0 Å². The van der Waals surface area contributed by atoms with Crippen molar-refractivity contribution < 1.29 is 9.21 Å². The van der Waals surface area contributed by atoms with Gasteiger partial charge in [-0.25, -0.2) is 4.79 Å². The van der Waals surface area contributed by atoms with Gasteiger partial charge in [-0.1, -0.05) is 0 Å². The van der Waals surface area contributed by atoms with Crippen molar-refractivity contribution in [3.63, 3.8) is 0 Å². The summed E-state index contributed by atoms with van der Waals surface area (Å²) in [7, 11) is 1.91. The van der Waals surface area contributed by atoms with Crippen molar-refractivity contribution in [2.24, 2.45) is 7.05 Å². The lowest BCUT2D eigenvalue weighted by atomic mass is 10.1. The predicted molar refractivity (Wildman–Crippen MR) is 89.4 cm³/mol. The molecule has 1 fully saturated rings. The fraction of sp³-hybridized carbons (Fsp3) is 0.588. The van der Waals surface area contributed by atoms with Crippen molar-refractivity contribution in [2.75, 3.05) is 6.54 Å². The number of carbonyl (C=O) groups is 1. The van der Waals surface area contributed by atoms with Gasteiger partial charge in [0, 0.05) is 26.1 Å². The maximum Gasteiger partial charge on any atom is 0.318 e. The lowest BCUT2D eigenvalue weighted by molar-refractivity contribution is 0.186. The monoisotopic (exact) mass is 331 g/mol. The van der Waals surface area contributed by atoms with Gasteiger partial charge < -0.3 is 19.2 Å². The van der Waals surface area contributed by atoms with E-state index in [2.05, 4.69) is 15.5 Å². The van der Waals surface area contributed by atoms with E-state index in [1.54, 1.807) is 6.33 Å². The van der Waals surface area contributed by atoms with Gasteiger partial charge in [0.25, 0.3) is 0 Å². The van der Waals surface area contributed by atoms with E-state index >= 15 is 0 Å². The summed E-state index contributed by atoms with van der Waals surface area (Å²) < 4.78 is 7.46. The third-order valence-electron chi connectivity index (χ3n) is 4.55. The molecule has 2 atom stereocenters. The largest absolute Gasteiger partial charge is 0.466 e. The Kier molecular flexibility index (Phi) is 4.87. The fourth-order valence-corrected chi connectivity index (χ4v) is 3.22. The highest BCUT2D eigenvalue weighted by Gasteiger charge is 2.33. The standard InChI is InChI=1S/C17H25N5O2/c1-12(6-8-14-9-7-13(2)24-14)19-17(23)22-10-4-5-15(22)16-20-18-11-21(16)3/h7,9,11-12,15H,4-6,8,10H2,1-3H3,(H,19,23)/t12-,15-/m1/s1. The molecule has 0 unspecified atom stereocenters. The van der Waals surface area contributed by atoms with E-state index in [0.717, 1.165) is 49.6 Å². The Morgan fingerprint density at radius 2 is 2.33 bits per heavy atom. The number of carbonyl (C=O) groups excluding carboxylic acids is 1. The van der Waals surface area contributed by atoms with Crippen LogP contribution in [-0.4, -0.2) is 38.3 Å². The number of nitrogens with one attached hydrogen (secondary N) is 1. The number of aromatic nitrogens is 3. The zero-order valence-electron chi connectivity index (χ0n) is 14.5.